The molecular formula is C22H18ClFN2O3. The van der Waals surface area contributed by atoms with E-state index in [0.717, 1.165) is 16.5 Å². The van der Waals surface area contributed by atoms with Crippen molar-refractivity contribution in [3.8, 4) is 5.75 Å². The van der Waals surface area contributed by atoms with E-state index in [1.54, 1.807) is 30.3 Å². The molecule has 148 valence electrons. The van der Waals surface area contributed by atoms with Crippen LogP contribution in [-0.2, 0) is 13.0 Å². The summed E-state index contributed by atoms with van der Waals surface area (Å²) in [5.74, 6) is 0.658. The lowest BCUT2D eigenvalue weighted by Crippen LogP contribution is -2.25. The average Bonchev–Trinajstić information content (AvgIpc) is 3.34. The predicted octanol–water partition coefficient (Wildman–Crippen LogP) is 5.10. The summed E-state index contributed by atoms with van der Waals surface area (Å²) in [6.45, 7) is 0.562. The Morgan fingerprint density at radius 2 is 2.03 bits per heavy atom. The fourth-order valence-corrected chi connectivity index (χ4v) is 3.23. The highest BCUT2D eigenvalue weighted by Crippen LogP contribution is 2.24. The molecule has 4 rings (SSSR count). The van der Waals surface area contributed by atoms with E-state index in [9.17, 15) is 9.18 Å². The van der Waals surface area contributed by atoms with Gasteiger partial charge in [-0.2, -0.15) is 0 Å². The number of rotatable bonds is 7. The summed E-state index contributed by atoms with van der Waals surface area (Å²) < 4.78 is 24.6. The van der Waals surface area contributed by atoms with Crippen LogP contribution in [0.1, 0.15) is 21.9 Å². The number of amides is 1. The van der Waals surface area contributed by atoms with Crippen LogP contribution in [0.2, 0.25) is 5.02 Å². The number of aromatic amines is 1. The molecule has 1 amide bonds. The highest BCUT2D eigenvalue weighted by molar-refractivity contribution is 6.32. The number of ether oxygens (including phenoxy) is 1. The molecule has 7 heteroatoms. The zero-order valence-electron chi connectivity index (χ0n) is 15.4. The summed E-state index contributed by atoms with van der Waals surface area (Å²) in [7, 11) is 0. The molecule has 29 heavy (non-hydrogen) atoms. The second kappa shape index (κ2) is 8.41. The molecule has 0 unspecified atom stereocenters. The summed E-state index contributed by atoms with van der Waals surface area (Å²) in [6.07, 6.45) is 2.39. The van der Waals surface area contributed by atoms with Crippen molar-refractivity contribution in [2.24, 2.45) is 0 Å². The van der Waals surface area contributed by atoms with Crippen molar-refractivity contribution in [1.82, 2.24) is 10.3 Å². The number of benzene rings is 2. The molecule has 0 bridgehead atoms. The van der Waals surface area contributed by atoms with Crippen molar-refractivity contribution in [3.05, 3.63) is 88.7 Å². The van der Waals surface area contributed by atoms with Crippen LogP contribution >= 0.6 is 11.6 Å². The van der Waals surface area contributed by atoms with Crippen LogP contribution in [0.25, 0.3) is 10.9 Å². The van der Waals surface area contributed by atoms with Crippen molar-refractivity contribution in [1.29, 1.82) is 0 Å². The molecule has 5 nitrogen and oxygen atoms in total. The molecule has 0 saturated carbocycles. The molecule has 0 aliphatic rings. The van der Waals surface area contributed by atoms with Crippen LogP contribution < -0.4 is 10.1 Å². The minimum Gasteiger partial charge on any atom is -0.484 e. The van der Waals surface area contributed by atoms with Gasteiger partial charge in [-0.3, -0.25) is 4.79 Å². The lowest BCUT2D eigenvalue weighted by molar-refractivity contribution is 0.0922. The Morgan fingerprint density at radius 3 is 2.90 bits per heavy atom. The van der Waals surface area contributed by atoms with Gasteiger partial charge in [-0.15, -0.1) is 0 Å². The van der Waals surface area contributed by atoms with Crippen molar-refractivity contribution in [2.45, 2.75) is 13.0 Å². The number of nitrogens with one attached hydrogen (secondary N) is 2. The monoisotopic (exact) mass is 412 g/mol. The zero-order valence-corrected chi connectivity index (χ0v) is 16.1. The third kappa shape index (κ3) is 4.43. The molecule has 0 radical (unpaired) electrons. The number of hydrogen-bond donors (Lipinski definition) is 2. The number of carbonyl (C=O) groups excluding carboxylic acids is 1. The smallest absolute Gasteiger partial charge is 0.287 e. The molecule has 0 atom stereocenters. The van der Waals surface area contributed by atoms with Gasteiger partial charge in [0.05, 0.1) is 5.02 Å². The maximum absolute atomic E-state index is 13.4. The van der Waals surface area contributed by atoms with Gasteiger partial charge >= 0.3 is 0 Å². The molecule has 0 saturated heterocycles. The number of carbonyl (C=O) groups is 1. The second-order valence-electron chi connectivity index (χ2n) is 6.49. The number of fused-ring (bicyclic) bond motifs is 1. The number of para-hydroxylation sites is 1. The Hall–Kier alpha value is -3.25. The summed E-state index contributed by atoms with van der Waals surface area (Å²) in [4.78, 5) is 15.4. The topological polar surface area (TPSA) is 67.3 Å². The van der Waals surface area contributed by atoms with E-state index in [4.69, 9.17) is 20.8 Å². The van der Waals surface area contributed by atoms with Gasteiger partial charge in [0.15, 0.2) is 5.76 Å². The molecule has 2 aromatic heterocycles. The lowest BCUT2D eigenvalue weighted by Gasteiger charge is -2.06. The summed E-state index contributed by atoms with van der Waals surface area (Å²) in [5.41, 5.74) is 1.80. The predicted molar refractivity (Wildman–Crippen MR) is 109 cm³/mol. The van der Waals surface area contributed by atoms with Crippen molar-refractivity contribution >= 4 is 28.4 Å². The van der Waals surface area contributed by atoms with Crippen molar-refractivity contribution in [3.63, 3.8) is 0 Å². The van der Waals surface area contributed by atoms with E-state index in [-0.39, 0.29) is 24.1 Å². The van der Waals surface area contributed by atoms with E-state index in [1.165, 1.54) is 12.1 Å². The van der Waals surface area contributed by atoms with E-state index >= 15 is 0 Å². The van der Waals surface area contributed by atoms with E-state index < -0.39 is 0 Å². The normalized spacial score (nSPS) is 11.0. The Kier molecular flexibility index (Phi) is 5.53. The average molecular weight is 413 g/mol. The number of furan rings is 1. The number of H-pyrrole nitrogens is 1. The van der Waals surface area contributed by atoms with Gasteiger partial charge in [0.25, 0.3) is 5.91 Å². The first kappa shape index (κ1) is 19.1. The van der Waals surface area contributed by atoms with Gasteiger partial charge in [-0.25, -0.2) is 4.39 Å². The lowest BCUT2D eigenvalue weighted by atomic mass is 10.1. The number of halogens is 2. The Balaban J connectivity index is 1.31. The quantitative estimate of drug-likeness (QED) is 0.443. The first-order valence-corrected chi connectivity index (χ1v) is 9.48. The number of aromatic nitrogens is 1. The van der Waals surface area contributed by atoms with Crippen LogP contribution in [0.15, 0.2) is 65.2 Å². The van der Waals surface area contributed by atoms with Crippen molar-refractivity contribution in [2.75, 3.05) is 6.54 Å². The third-order valence-corrected chi connectivity index (χ3v) is 4.81. The highest BCUT2D eigenvalue weighted by atomic mass is 35.5. The minimum absolute atomic E-state index is 0.165. The van der Waals surface area contributed by atoms with Gasteiger partial charge in [-0.1, -0.05) is 23.7 Å². The van der Waals surface area contributed by atoms with Crippen LogP contribution in [0.4, 0.5) is 4.39 Å². The largest absolute Gasteiger partial charge is 0.484 e. The Morgan fingerprint density at radius 1 is 1.17 bits per heavy atom. The zero-order chi connectivity index (χ0) is 20.2. The molecule has 4 aromatic rings. The van der Waals surface area contributed by atoms with Crippen LogP contribution in [0.3, 0.4) is 0 Å². The molecule has 0 aliphatic carbocycles. The van der Waals surface area contributed by atoms with Crippen molar-refractivity contribution < 1.29 is 18.3 Å². The fraction of sp³-hybridized carbons (Fsp3) is 0.136. The van der Waals surface area contributed by atoms with E-state index in [1.807, 2.05) is 18.3 Å². The van der Waals surface area contributed by atoms with Gasteiger partial charge in [0, 0.05) is 23.6 Å². The summed E-state index contributed by atoms with van der Waals surface area (Å²) in [6, 6.07) is 15.0. The molecule has 2 aromatic carbocycles. The van der Waals surface area contributed by atoms with Crippen LogP contribution in [0.5, 0.6) is 5.75 Å². The van der Waals surface area contributed by atoms with Gasteiger partial charge in [-0.05, 0) is 54.4 Å². The maximum atomic E-state index is 13.4. The fourth-order valence-electron chi connectivity index (χ4n) is 3.04. The Labute approximate surface area is 171 Å². The van der Waals surface area contributed by atoms with Gasteiger partial charge in [0.2, 0.25) is 0 Å². The summed E-state index contributed by atoms with van der Waals surface area (Å²) in [5, 5.41) is 4.14. The van der Waals surface area contributed by atoms with E-state index in [2.05, 4.69) is 10.3 Å². The minimum atomic E-state index is -0.319. The maximum Gasteiger partial charge on any atom is 0.287 e. The molecule has 0 fully saturated rings. The second-order valence-corrected chi connectivity index (χ2v) is 6.90. The molecule has 2 N–H and O–H groups in total. The molecule has 0 spiro atoms. The molecular weight excluding hydrogens is 395 g/mol. The SMILES string of the molecule is O=C(NCCc1c[nH]c2ccc(F)cc12)c1ccc(COc2ccccc2Cl)o1. The van der Waals surface area contributed by atoms with Crippen LogP contribution in [0, 0.1) is 5.82 Å². The Bertz CT molecular complexity index is 1150. The van der Waals surface area contributed by atoms with E-state index in [0.29, 0.717) is 29.5 Å². The summed E-state index contributed by atoms with van der Waals surface area (Å²) >= 11 is 6.05. The molecule has 2 heterocycles. The number of hydrogen-bond acceptors (Lipinski definition) is 3. The molecule has 0 aliphatic heterocycles. The highest BCUT2D eigenvalue weighted by Gasteiger charge is 2.12. The first-order valence-electron chi connectivity index (χ1n) is 9.10. The van der Waals surface area contributed by atoms with Crippen LogP contribution in [-0.4, -0.2) is 17.4 Å². The first-order chi connectivity index (χ1) is 14.1. The standard InChI is InChI=1S/C22H18ClFN2O3/c23-18-3-1-2-4-20(18)28-13-16-6-8-21(29-16)22(27)25-10-9-14-12-26-19-7-5-15(24)11-17(14)19/h1-8,11-12,26H,9-10,13H2,(H,25,27). The third-order valence-electron chi connectivity index (χ3n) is 4.50. The van der Waals surface area contributed by atoms with Gasteiger partial charge < -0.3 is 19.5 Å². The van der Waals surface area contributed by atoms with Gasteiger partial charge in [0.1, 0.15) is 23.9 Å².